The summed E-state index contributed by atoms with van der Waals surface area (Å²) in [6.45, 7) is 5.33. The topological polar surface area (TPSA) is 18.5 Å². The molecule has 100 valence electrons. The zero-order valence-corrected chi connectivity index (χ0v) is 11.6. The molecule has 0 saturated carbocycles. The molecule has 0 fully saturated rings. The first kappa shape index (κ1) is 13.5. The lowest BCUT2D eigenvalue weighted by molar-refractivity contribution is 0.269. The maximum Gasteiger partial charge on any atom is 0.161 e. The Hall–Kier alpha value is -1.96. The summed E-state index contributed by atoms with van der Waals surface area (Å²) < 4.78 is 11.5. The van der Waals surface area contributed by atoms with E-state index in [0.29, 0.717) is 13.2 Å². The van der Waals surface area contributed by atoms with Crippen molar-refractivity contribution in [3.63, 3.8) is 0 Å². The van der Waals surface area contributed by atoms with Gasteiger partial charge in [-0.25, -0.2) is 0 Å². The molecule has 0 N–H and O–H groups in total. The molecule has 0 heterocycles. The first-order valence-electron chi connectivity index (χ1n) is 6.76. The fourth-order valence-electron chi connectivity index (χ4n) is 1.90. The molecule has 0 atom stereocenters. The van der Waals surface area contributed by atoms with Gasteiger partial charge < -0.3 is 9.47 Å². The molecule has 0 aliphatic rings. The Labute approximate surface area is 115 Å². The van der Waals surface area contributed by atoms with E-state index in [0.717, 1.165) is 23.5 Å². The van der Waals surface area contributed by atoms with E-state index in [1.54, 1.807) is 0 Å². The maximum absolute atomic E-state index is 5.85. The zero-order valence-electron chi connectivity index (χ0n) is 11.6. The predicted octanol–water partition coefficient (Wildman–Crippen LogP) is 4.23. The van der Waals surface area contributed by atoms with Gasteiger partial charge in [0.05, 0.1) is 6.61 Å². The second kappa shape index (κ2) is 6.83. The van der Waals surface area contributed by atoms with Gasteiger partial charge in [0.25, 0.3) is 0 Å². The first-order chi connectivity index (χ1) is 9.33. The third kappa shape index (κ3) is 3.75. The molecule has 0 amide bonds. The molecule has 2 nitrogen and oxygen atoms in total. The van der Waals surface area contributed by atoms with Crippen LogP contribution in [0.3, 0.4) is 0 Å². The standard InChI is InChI=1S/C17H20O2/c1-3-14-10-11-16(17(12-14)18-4-2)19-13-15-8-6-5-7-9-15/h5-12H,3-4,13H2,1-2H3. The Morgan fingerprint density at radius 1 is 0.789 bits per heavy atom. The Balaban J connectivity index is 2.10. The molecular weight excluding hydrogens is 236 g/mol. The van der Waals surface area contributed by atoms with Crippen LogP contribution in [-0.4, -0.2) is 6.61 Å². The van der Waals surface area contributed by atoms with Crippen molar-refractivity contribution >= 4 is 0 Å². The van der Waals surface area contributed by atoms with Crippen LogP contribution in [0, 0.1) is 0 Å². The Morgan fingerprint density at radius 3 is 2.26 bits per heavy atom. The number of aryl methyl sites for hydroxylation is 1. The lowest BCUT2D eigenvalue weighted by Crippen LogP contribution is -2.00. The van der Waals surface area contributed by atoms with Gasteiger partial charge in [-0.3, -0.25) is 0 Å². The van der Waals surface area contributed by atoms with Gasteiger partial charge in [-0.1, -0.05) is 43.3 Å². The molecule has 2 aromatic rings. The third-order valence-corrected chi connectivity index (χ3v) is 2.95. The summed E-state index contributed by atoms with van der Waals surface area (Å²) in [5.41, 5.74) is 2.42. The summed E-state index contributed by atoms with van der Waals surface area (Å²) in [5, 5.41) is 0. The highest BCUT2D eigenvalue weighted by atomic mass is 16.5. The minimum absolute atomic E-state index is 0.562. The van der Waals surface area contributed by atoms with Gasteiger partial charge in [-0.05, 0) is 36.6 Å². The third-order valence-electron chi connectivity index (χ3n) is 2.95. The summed E-state index contributed by atoms with van der Waals surface area (Å²) >= 11 is 0. The van der Waals surface area contributed by atoms with Crippen LogP contribution in [0.5, 0.6) is 11.5 Å². The molecule has 0 saturated heterocycles. The fraction of sp³-hybridized carbons (Fsp3) is 0.294. The Kier molecular flexibility index (Phi) is 4.85. The van der Waals surface area contributed by atoms with Crippen molar-refractivity contribution in [2.24, 2.45) is 0 Å². The van der Waals surface area contributed by atoms with E-state index in [4.69, 9.17) is 9.47 Å². The van der Waals surface area contributed by atoms with Crippen molar-refractivity contribution < 1.29 is 9.47 Å². The summed E-state index contributed by atoms with van der Waals surface area (Å²) in [5.74, 6) is 1.64. The van der Waals surface area contributed by atoms with Crippen LogP contribution in [0.1, 0.15) is 25.0 Å². The maximum atomic E-state index is 5.85. The molecule has 2 aromatic carbocycles. The average Bonchev–Trinajstić information content (AvgIpc) is 2.47. The van der Waals surface area contributed by atoms with Crippen molar-refractivity contribution in [3.8, 4) is 11.5 Å². The molecule has 0 radical (unpaired) electrons. The highest BCUT2D eigenvalue weighted by molar-refractivity contribution is 5.43. The van der Waals surface area contributed by atoms with Crippen molar-refractivity contribution in [2.75, 3.05) is 6.61 Å². The molecule has 0 bridgehead atoms. The molecule has 0 unspecified atom stereocenters. The molecule has 0 aromatic heterocycles. The summed E-state index contributed by atoms with van der Waals surface area (Å²) in [7, 11) is 0. The van der Waals surface area contributed by atoms with Crippen molar-refractivity contribution in [1.82, 2.24) is 0 Å². The van der Waals surface area contributed by atoms with Gasteiger partial charge in [0.1, 0.15) is 6.61 Å². The van der Waals surface area contributed by atoms with E-state index in [2.05, 4.69) is 31.2 Å². The van der Waals surface area contributed by atoms with Crippen LogP contribution in [0.4, 0.5) is 0 Å². The second-order valence-corrected chi connectivity index (χ2v) is 4.34. The quantitative estimate of drug-likeness (QED) is 0.770. The van der Waals surface area contributed by atoms with Crippen LogP contribution in [0.2, 0.25) is 0 Å². The van der Waals surface area contributed by atoms with Gasteiger partial charge in [0.15, 0.2) is 11.5 Å². The second-order valence-electron chi connectivity index (χ2n) is 4.34. The van der Waals surface area contributed by atoms with Gasteiger partial charge >= 0.3 is 0 Å². The van der Waals surface area contributed by atoms with Crippen LogP contribution in [0.15, 0.2) is 48.5 Å². The van der Waals surface area contributed by atoms with Gasteiger partial charge in [0, 0.05) is 0 Å². The van der Waals surface area contributed by atoms with E-state index < -0.39 is 0 Å². The van der Waals surface area contributed by atoms with Crippen molar-refractivity contribution in [1.29, 1.82) is 0 Å². The van der Waals surface area contributed by atoms with Crippen molar-refractivity contribution in [2.45, 2.75) is 26.9 Å². The summed E-state index contributed by atoms with van der Waals surface area (Å²) in [6.07, 6.45) is 0.999. The minimum atomic E-state index is 0.562. The predicted molar refractivity (Wildman–Crippen MR) is 77.8 cm³/mol. The Bertz CT molecular complexity index is 506. The van der Waals surface area contributed by atoms with E-state index in [1.807, 2.05) is 31.2 Å². The molecule has 2 heteroatoms. The largest absolute Gasteiger partial charge is 0.490 e. The average molecular weight is 256 g/mol. The van der Waals surface area contributed by atoms with Gasteiger partial charge in [0.2, 0.25) is 0 Å². The zero-order chi connectivity index (χ0) is 13.5. The van der Waals surface area contributed by atoms with Crippen LogP contribution >= 0.6 is 0 Å². The lowest BCUT2D eigenvalue weighted by Gasteiger charge is -2.13. The van der Waals surface area contributed by atoms with Gasteiger partial charge in [-0.15, -0.1) is 0 Å². The number of benzene rings is 2. The van der Waals surface area contributed by atoms with E-state index in [-0.39, 0.29) is 0 Å². The molecule has 0 spiro atoms. The summed E-state index contributed by atoms with van der Waals surface area (Å²) in [4.78, 5) is 0. The van der Waals surface area contributed by atoms with Crippen LogP contribution in [0.25, 0.3) is 0 Å². The van der Waals surface area contributed by atoms with E-state index in [1.165, 1.54) is 5.56 Å². The molecular formula is C17H20O2. The molecule has 19 heavy (non-hydrogen) atoms. The normalized spacial score (nSPS) is 10.2. The van der Waals surface area contributed by atoms with Gasteiger partial charge in [-0.2, -0.15) is 0 Å². The number of rotatable bonds is 6. The number of hydrogen-bond acceptors (Lipinski definition) is 2. The van der Waals surface area contributed by atoms with Crippen LogP contribution in [-0.2, 0) is 13.0 Å². The smallest absolute Gasteiger partial charge is 0.161 e. The first-order valence-corrected chi connectivity index (χ1v) is 6.76. The monoisotopic (exact) mass is 256 g/mol. The van der Waals surface area contributed by atoms with E-state index >= 15 is 0 Å². The molecule has 2 rings (SSSR count). The lowest BCUT2D eigenvalue weighted by atomic mass is 10.1. The summed E-state index contributed by atoms with van der Waals surface area (Å²) in [6, 6.07) is 16.3. The minimum Gasteiger partial charge on any atom is -0.490 e. The van der Waals surface area contributed by atoms with Crippen LogP contribution < -0.4 is 9.47 Å². The highest BCUT2D eigenvalue weighted by Gasteiger charge is 2.06. The van der Waals surface area contributed by atoms with E-state index in [9.17, 15) is 0 Å². The number of hydrogen-bond donors (Lipinski definition) is 0. The fourth-order valence-corrected chi connectivity index (χ4v) is 1.90. The number of ether oxygens (including phenoxy) is 2. The Morgan fingerprint density at radius 2 is 1.58 bits per heavy atom. The SMILES string of the molecule is CCOc1cc(CC)ccc1OCc1ccccc1. The van der Waals surface area contributed by atoms with Crippen molar-refractivity contribution in [3.05, 3.63) is 59.7 Å². The molecule has 0 aliphatic heterocycles. The highest BCUT2D eigenvalue weighted by Crippen LogP contribution is 2.29. The molecule has 0 aliphatic carbocycles.